The molecule has 0 saturated carbocycles. The molecule has 1 aromatic heterocycles. The van der Waals surface area contributed by atoms with Crippen LogP contribution >= 0.6 is 0 Å². The Bertz CT molecular complexity index is 1310. The van der Waals surface area contributed by atoms with Crippen LogP contribution in [0.2, 0.25) is 0 Å². The smallest absolute Gasteiger partial charge is 0.338 e. The highest BCUT2D eigenvalue weighted by Crippen LogP contribution is 2.48. The number of fused-ring (bicyclic) bond motifs is 1. The average molecular weight is 433 g/mol. The van der Waals surface area contributed by atoms with Crippen LogP contribution in [0.15, 0.2) is 108 Å². The number of hydrogen-bond donors (Lipinski definition) is 0. The zero-order valence-corrected chi connectivity index (χ0v) is 18.4. The van der Waals surface area contributed by atoms with Crippen molar-refractivity contribution in [2.24, 2.45) is 0 Å². The molecule has 33 heavy (non-hydrogen) atoms. The van der Waals surface area contributed by atoms with E-state index in [0.717, 1.165) is 33.6 Å². The average Bonchev–Trinajstić information content (AvgIpc) is 3.29. The van der Waals surface area contributed by atoms with Crippen LogP contribution in [0, 0.1) is 0 Å². The molecule has 0 fully saturated rings. The first-order valence-corrected chi connectivity index (χ1v) is 11.1. The van der Waals surface area contributed by atoms with Crippen LogP contribution in [-0.4, -0.2) is 13.1 Å². The summed E-state index contributed by atoms with van der Waals surface area (Å²) in [4.78, 5) is 12.8. The van der Waals surface area contributed by atoms with E-state index in [1.807, 2.05) is 84.9 Å². The number of hydrogen-bond acceptors (Lipinski definition) is 3. The van der Waals surface area contributed by atoms with Crippen LogP contribution in [0.1, 0.15) is 29.0 Å². The Morgan fingerprint density at radius 2 is 1.42 bits per heavy atom. The molecule has 1 aliphatic carbocycles. The van der Waals surface area contributed by atoms with Gasteiger partial charge < -0.3 is 9.15 Å². The van der Waals surface area contributed by atoms with Gasteiger partial charge in [0.05, 0.1) is 12.7 Å². The van der Waals surface area contributed by atoms with Crippen molar-refractivity contribution in [1.82, 2.24) is 0 Å². The lowest BCUT2D eigenvalue weighted by Crippen LogP contribution is -2.12. The molecular weight excluding hydrogens is 408 g/mol. The molecule has 1 heterocycles. The third-order valence-electron chi connectivity index (χ3n) is 5.96. The Hall–Kier alpha value is -4.11. The van der Waals surface area contributed by atoms with Gasteiger partial charge in [-0.25, -0.2) is 4.79 Å². The Kier molecular flexibility index (Phi) is 5.77. The van der Waals surface area contributed by atoms with Crippen molar-refractivity contribution >= 4 is 17.6 Å². The number of furan rings is 1. The van der Waals surface area contributed by atoms with Crippen molar-refractivity contribution < 1.29 is 13.9 Å². The SMILES string of the molecule is COC(=O)C1=CCC(/C=C/c2ccccc2)c2c(-c3ccccc3)oc(-c3ccccc3)c21. The monoisotopic (exact) mass is 432 g/mol. The van der Waals surface area contributed by atoms with Gasteiger partial charge in [0.25, 0.3) is 0 Å². The lowest BCUT2D eigenvalue weighted by molar-refractivity contribution is -0.133. The van der Waals surface area contributed by atoms with E-state index in [-0.39, 0.29) is 11.9 Å². The van der Waals surface area contributed by atoms with Gasteiger partial charge in [-0.15, -0.1) is 0 Å². The number of methoxy groups -OCH3 is 1. The molecule has 3 nitrogen and oxygen atoms in total. The van der Waals surface area contributed by atoms with Crippen LogP contribution in [0.3, 0.4) is 0 Å². The summed E-state index contributed by atoms with van der Waals surface area (Å²) in [6, 6.07) is 30.2. The molecule has 1 atom stereocenters. The van der Waals surface area contributed by atoms with Crippen LogP contribution < -0.4 is 0 Å². The first kappa shape index (κ1) is 20.8. The molecule has 0 radical (unpaired) electrons. The van der Waals surface area contributed by atoms with Crippen LogP contribution in [0.5, 0.6) is 0 Å². The molecule has 0 saturated heterocycles. The lowest BCUT2D eigenvalue weighted by atomic mass is 9.81. The number of esters is 1. The number of ether oxygens (including phenoxy) is 1. The maximum absolute atomic E-state index is 12.8. The van der Waals surface area contributed by atoms with Crippen LogP contribution in [0.4, 0.5) is 0 Å². The number of benzene rings is 3. The molecule has 1 unspecified atom stereocenters. The molecule has 5 rings (SSSR count). The Labute approximate surface area is 193 Å². The Balaban J connectivity index is 1.74. The summed E-state index contributed by atoms with van der Waals surface area (Å²) in [7, 11) is 1.42. The van der Waals surface area contributed by atoms with E-state index in [1.165, 1.54) is 7.11 Å². The van der Waals surface area contributed by atoms with E-state index in [2.05, 4.69) is 24.3 Å². The van der Waals surface area contributed by atoms with Gasteiger partial charge in [0.15, 0.2) is 0 Å². The van der Waals surface area contributed by atoms with Crippen molar-refractivity contribution in [3.8, 4) is 22.6 Å². The highest BCUT2D eigenvalue weighted by molar-refractivity contribution is 6.19. The van der Waals surface area contributed by atoms with E-state index >= 15 is 0 Å². The summed E-state index contributed by atoms with van der Waals surface area (Å²) in [6.45, 7) is 0. The molecule has 0 N–H and O–H groups in total. The lowest BCUT2D eigenvalue weighted by Gasteiger charge is -2.21. The largest absolute Gasteiger partial charge is 0.465 e. The molecular formula is C30H24O3. The quantitative estimate of drug-likeness (QED) is 0.309. The fourth-order valence-corrected chi connectivity index (χ4v) is 4.39. The van der Waals surface area contributed by atoms with Gasteiger partial charge in [0.1, 0.15) is 11.5 Å². The molecule has 4 aromatic rings. The minimum absolute atomic E-state index is 0.0602. The first-order chi connectivity index (χ1) is 16.3. The van der Waals surface area contributed by atoms with Crippen molar-refractivity contribution in [1.29, 1.82) is 0 Å². The predicted octanol–water partition coefficient (Wildman–Crippen LogP) is 7.37. The fourth-order valence-electron chi connectivity index (χ4n) is 4.39. The van der Waals surface area contributed by atoms with E-state index < -0.39 is 0 Å². The molecule has 162 valence electrons. The zero-order valence-electron chi connectivity index (χ0n) is 18.4. The normalized spacial score (nSPS) is 15.2. The predicted molar refractivity (Wildman–Crippen MR) is 132 cm³/mol. The second kappa shape index (κ2) is 9.17. The van der Waals surface area contributed by atoms with Crippen molar-refractivity contribution in [2.75, 3.05) is 7.11 Å². The van der Waals surface area contributed by atoms with Gasteiger partial charge in [-0.1, -0.05) is 109 Å². The summed E-state index contributed by atoms with van der Waals surface area (Å²) in [5.74, 6) is 1.20. The molecule has 0 amide bonds. The van der Waals surface area contributed by atoms with Crippen molar-refractivity contribution in [3.05, 3.63) is 120 Å². The summed E-state index contributed by atoms with van der Waals surface area (Å²) in [5.41, 5.74) is 5.45. The highest BCUT2D eigenvalue weighted by Gasteiger charge is 2.34. The zero-order chi connectivity index (χ0) is 22.6. The summed E-state index contributed by atoms with van der Waals surface area (Å²) in [5, 5.41) is 0. The number of allylic oxidation sites excluding steroid dienone is 2. The molecule has 1 aliphatic rings. The van der Waals surface area contributed by atoms with Crippen molar-refractivity contribution in [2.45, 2.75) is 12.3 Å². The molecule has 3 aromatic carbocycles. The maximum atomic E-state index is 12.8. The fraction of sp³-hybridized carbons (Fsp3) is 0.100. The second-order valence-corrected chi connectivity index (χ2v) is 8.00. The van der Waals surface area contributed by atoms with Crippen LogP contribution in [0.25, 0.3) is 34.3 Å². The molecule has 0 aliphatic heterocycles. The minimum Gasteiger partial charge on any atom is -0.465 e. The minimum atomic E-state index is -0.348. The van der Waals surface area contributed by atoms with Gasteiger partial charge in [-0.3, -0.25) is 0 Å². The third kappa shape index (κ3) is 4.06. The van der Waals surface area contributed by atoms with E-state index in [9.17, 15) is 4.79 Å². The summed E-state index contributed by atoms with van der Waals surface area (Å²) < 4.78 is 11.7. The van der Waals surface area contributed by atoms with Gasteiger partial charge in [0.2, 0.25) is 0 Å². The first-order valence-electron chi connectivity index (χ1n) is 11.1. The number of carbonyl (C=O) groups is 1. The Morgan fingerprint density at radius 3 is 2.03 bits per heavy atom. The summed E-state index contributed by atoms with van der Waals surface area (Å²) in [6.07, 6.45) is 7.00. The molecule has 3 heteroatoms. The molecule has 0 spiro atoms. The summed E-state index contributed by atoms with van der Waals surface area (Å²) >= 11 is 0. The van der Waals surface area contributed by atoms with Crippen LogP contribution in [-0.2, 0) is 9.53 Å². The van der Waals surface area contributed by atoms with Gasteiger partial charge in [-0.05, 0) is 12.0 Å². The maximum Gasteiger partial charge on any atom is 0.338 e. The van der Waals surface area contributed by atoms with E-state index in [4.69, 9.17) is 9.15 Å². The van der Waals surface area contributed by atoms with Gasteiger partial charge >= 0.3 is 5.97 Å². The number of carbonyl (C=O) groups excluding carboxylic acids is 1. The van der Waals surface area contributed by atoms with Gasteiger partial charge in [-0.2, -0.15) is 0 Å². The topological polar surface area (TPSA) is 39.4 Å². The third-order valence-corrected chi connectivity index (χ3v) is 5.96. The van der Waals surface area contributed by atoms with Gasteiger partial charge in [0, 0.05) is 28.2 Å². The Morgan fingerprint density at radius 1 is 0.848 bits per heavy atom. The second-order valence-electron chi connectivity index (χ2n) is 8.00. The van der Waals surface area contributed by atoms with E-state index in [1.54, 1.807) is 0 Å². The number of rotatable bonds is 5. The van der Waals surface area contributed by atoms with Crippen molar-refractivity contribution in [3.63, 3.8) is 0 Å². The standard InChI is InChI=1S/C30H24O3/c1-32-30(31)25-20-19-22(18-17-21-11-5-2-6-12-21)26-27(25)29(24-15-9-4-10-16-24)33-28(26)23-13-7-3-8-14-23/h2-18,20,22H,19H2,1H3/b18-17+. The van der Waals surface area contributed by atoms with E-state index in [0.29, 0.717) is 17.8 Å². The molecule has 0 bridgehead atoms. The highest BCUT2D eigenvalue weighted by atomic mass is 16.5.